The Morgan fingerprint density at radius 1 is 0.677 bits per heavy atom. The number of anilines is 2. The molecule has 0 radical (unpaired) electrons. The molecule has 18 heteroatoms. The van der Waals surface area contributed by atoms with Crippen molar-refractivity contribution in [1.29, 1.82) is 0 Å². The van der Waals surface area contributed by atoms with Crippen LogP contribution in [0.15, 0.2) is 24.3 Å². The van der Waals surface area contributed by atoms with E-state index < -0.39 is 57.6 Å². The van der Waals surface area contributed by atoms with E-state index in [4.69, 9.17) is 18.9 Å². The standard InChI is InChI=1S/C24H33F3N2O4.C23H31F3N2O4/c1-23(2)22(31)29(12-8-9-13-32-4)19-14-17(18(24(25,26)27)15-20(19)33-23)21(30)28(3)16-10-6-5-7-11-16;1-22(2)21(30)28(11-7-8-12-31-3)18-13-16(17(23(24,25)26)14-19(18)32-22)20(29)27-15-9-5-4-6-10-15/h14-16H,5-13H2,1-4H3;13-15H,4-12H2,1-3H3,(H,27,29). The second-order valence-corrected chi connectivity index (χ2v) is 18.3. The van der Waals surface area contributed by atoms with Crippen LogP contribution in [-0.2, 0) is 31.4 Å². The van der Waals surface area contributed by atoms with Crippen molar-refractivity contribution < 1.29 is 64.5 Å². The van der Waals surface area contributed by atoms with Crippen molar-refractivity contribution in [2.45, 2.75) is 153 Å². The number of hydrogen-bond acceptors (Lipinski definition) is 8. The largest absolute Gasteiger partial charge is 0.476 e. The second kappa shape index (κ2) is 21.4. The monoisotopic (exact) mass is 926 g/mol. The van der Waals surface area contributed by atoms with Crippen LogP contribution in [0.25, 0.3) is 0 Å². The first-order valence-electron chi connectivity index (χ1n) is 22.6. The first-order valence-corrected chi connectivity index (χ1v) is 22.6. The molecule has 0 unspecified atom stereocenters. The average molecular weight is 927 g/mol. The van der Waals surface area contributed by atoms with Gasteiger partial charge in [0.1, 0.15) is 11.5 Å². The van der Waals surface area contributed by atoms with Crippen molar-refractivity contribution in [2.24, 2.45) is 0 Å². The zero-order valence-electron chi connectivity index (χ0n) is 38.6. The number of carbonyl (C=O) groups is 4. The van der Waals surface area contributed by atoms with Crippen LogP contribution in [0.5, 0.6) is 11.5 Å². The fraction of sp³-hybridized carbons (Fsp3) is 0.660. The van der Waals surface area contributed by atoms with Gasteiger partial charge in [-0.15, -0.1) is 0 Å². The van der Waals surface area contributed by atoms with E-state index in [0.717, 1.165) is 82.4 Å². The average Bonchev–Trinajstić information content (AvgIpc) is 3.25. The van der Waals surface area contributed by atoms with Crippen LogP contribution in [0, 0.1) is 0 Å². The molecule has 2 heterocycles. The molecule has 362 valence electrons. The number of rotatable bonds is 14. The number of nitrogens with one attached hydrogen (secondary N) is 1. The number of methoxy groups -OCH3 is 2. The lowest BCUT2D eigenvalue weighted by molar-refractivity contribution is -0.139. The van der Waals surface area contributed by atoms with E-state index >= 15 is 0 Å². The molecule has 0 spiro atoms. The van der Waals surface area contributed by atoms with Crippen molar-refractivity contribution in [2.75, 3.05) is 57.4 Å². The van der Waals surface area contributed by atoms with Gasteiger partial charge in [0.2, 0.25) is 0 Å². The molecule has 2 saturated carbocycles. The number of benzene rings is 2. The predicted octanol–water partition coefficient (Wildman–Crippen LogP) is 9.74. The van der Waals surface area contributed by atoms with E-state index in [1.807, 2.05) is 0 Å². The summed E-state index contributed by atoms with van der Waals surface area (Å²) in [4.78, 5) is 56.5. The number of carbonyl (C=O) groups excluding carboxylic acids is 4. The Hall–Kier alpha value is -4.58. The predicted molar refractivity (Wildman–Crippen MR) is 233 cm³/mol. The Bertz CT molecular complexity index is 2010. The molecule has 0 bridgehead atoms. The molecule has 0 aromatic heterocycles. The Labute approximate surface area is 377 Å². The Balaban J connectivity index is 0.000000244. The molecule has 2 aliphatic carbocycles. The lowest BCUT2D eigenvalue weighted by Gasteiger charge is -2.40. The summed E-state index contributed by atoms with van der Waals surface area (Å²) in [5, 5.41) is 2.76. The van der Waals surface area contributed by atoms with Gasteiger partial charge < -0.3 is 39.0 Å². The highest BCUT2D eigenvalue weighted by atomic mass is 19.4. The highest BCUT2D eigenvalue weighted by molar-refractivity contribution is 6.06. The lowest BCUT2D eigenvalue weighted by Crippen LogP contribution is -2.53. The normalized spacial score (nSPS) is 18.7. The van der Waals surface area contributed by atoms with Gasteiger partial charge in [-0.05, 0) is 103 Å². The summed E-state index contributed by atoms with van der Waals surface area (Å²) in [5.41, 5.74) is -5.29. The van der Waals surface area contributed by atoms with Gasteiger partial charge in [-0.3, -0.25) is 19.2 Å². The Morgan fingerprint density at radius 2 is 1.09 bits per heavy atom. The molecule has 0 atom stereocenters. The summed E-state index contributed by atoms with van der Waals surface area (Å²) in [6.45, 7) is 7.72. The number of halogens is 6. The quantitative estimate of drug-likeness (QED) is 0.147. The molecule has 2 fully saturated rings. The SMILES string of the molecule is COCCCCN1C(=O)C(C)(C)Oc2cc(C(F)(F)F)c(C(=O)N(C)C3CCCCC3)cc21.COCCCCN1C(=O)C(C)(C)Oc2cc(C(F)(F)F)c(C(=O)NC3CCCCC3)cc21. The van der Waals surface area contributed by atoms with Gasteiger partial charge in [-0.2, -0.15) is 26.3 Å². The summed E-state index contributed by atoms with van der Waals surface area (Å²) in [6, 6.07) is 3.82. The number of hydrogen-bond donors (Lipinski definition) is 1. The van der Waals surface area contributed by atoms with E-state index in [1.54, 1.807) is 21.3 Å². The number of unbranched alkanes of at least 4 members (excludes halogenated alkanes) is 2. The van der Waals surface area contributed by atoms with E-state index in [2.05, 4.69) is 5.32 Å². The first-order chi connectivity index (χ1) is 30.5. The number of fused-ring (bicyclic) bond motifs is 2. The van der Waals surface area contributed by atoms with Crippen molar-refractivity contribution in [3.05, 3.63) is 46.5 Å². The maximum Gasteiger partial charge on any atom is 0.417 e. The summed E-state index contributed by atoms with van der Waals surface area (Å²) < 4.78 is 105. The molecule has 4 amide bonds. The zero-order valence-corrected chi connectivity index (χ0v) is 38.6. The van der Waals surface area contributed by atoms with Crippen molar-refractivity contribution >= 4 is 35.0 Å². The topological polar surface area (TPSA) is 127 Å². The molecule has 65 heavy (non-hydrogen) atoms. The number of alkyl halides is 6. The molecule has 12 nitrogen and oxygen atoms in total. The fourth-order valence-electron chi connectivity index (χ4n) is 8.87. The minimum absolute atomic E-state index is 0.0458. The molecule has 1 N–H and O–H groups in total. The van der Waals surface area contributed by atoms with Crippen LogP contribution in [-0.4, -0.2) is 99.4 Å². The van der Waals surface area contributed by atoms with Gasteiger partial charge >= 0.3 is 12.4 Å². The minimum atomic E-state index is -4.74. The van der Waals surface area contributed by atoms with E-state index in [0.29, 0.717) is 45.4 Å². The molecule has 2 aromatic carbocycles. The third-order valence-electron chi connectivity index (χ3n) is 12.5. The van der Waals surface area contributed by atoms with Crippen LogP contribution in [0.3, 0.4) is 0 Å². The van der Waals surface area contributed by atoms with Crippen LogP contribution in [0.1, 0.15) is 149 Å². The highest BCUT2D eigenvalue weighted by Gasteiger charge is 2.46. The minimum Gasteiger partial charge on any atom is -0.476 e. The van der Waals surface area contributed by atoms with E-state index in [-0.39, 0.29) is 53.3 Å². The van der Waals surface area contributed by atoms with E-state index in [9.17, 15) is 45.5 Å². The molecule has 2 aliphatic heterocycles. The van der Waals surface area contributed by atoms with Crippen LogP contribution in [0.2, 0.25) is 0 Å². The number of ether oxygens (including phenoxy) is 4. The molecular weight excluding hydrogens is 863 g/mol. The molecular formula is C47H64F6N4O8. The molecule has 4 aliphatic rings. The zero-order chi connectivity index (χ0) is 47.9. The lowest BCUT2D eigenvalue weighted by atomic mass is 9.93. The van der Waals surface area contributed by atoms with Crippen LogP contribution in [0.4, 0.5) is 37.7 Å². The van der Waals surface area contributed by atoms with Gasteiger partial charge in [0.15, 0.2) is 11.2 Å². The maximum absolute atomic E-state index is 14.0. The Morgan fingerprint density at radius 3 is 1.52 bits per heavy atom. The van der Waals surface area contributed by atoms with Crippen molar-refractivity contribution in [1.82, 2.24) is 10.2 Å². The van der Waals surface area contributed by atoms with Crippen molar-refractivity contribution in [3.63, 3.8) is 0 Å². The summed E-state index contributed by atoms with van der Waals surface area (Å²) in [5.74, 6) is -2.28. The summed E-state index contributed by atoms with van der Waals surface area (Å²) >= 11 is 0. The molecule has 0 saturated heterocycles. The van der Waals surface area contributed by atoms with Crippen molar-refractivity contribution in [3.8, 4) is 11.5 Å². The van der Waals surface area contributed by atoms with E-state index in [1.165, 1.54) is 48.5 Å². The van der Waals surface area contributed by atoms with Gasteiger partial charge in [-0.1, -0.05) is 38.5 Å². The van der Waals surface area contributed by atoms with Gasteiger partial charge in [0, 0.05) is 59.7 Å². The first kappa shape index (κ1) is 51.4. The number of amides is 4. The maximum atomic E-state index is 14.0. The number of nitrogens with zero attached hydrogens (tertiary/aromatic N) is 3. The van der Waals surface area contributed by atoms with Gasteiger partial charge in [0.05, 0.1) is 33.6 Å². The molecule has 6 rings (SSSR count). The summed E-state index contributed by atoms with van der Waals surface area (Å²) in [7, 11) is 4.72. The molecule has 2 aromatic rings. The second-order valence-electron chi connectivity index (χ2n) is 18.3. The smallest absolute Gasteiger partial charge is 0.417 e. The van der Waals surface area contributed by atoms with Crippen LogP contribution < -0.4 is 24.6 Å². The third-order valence-corrected chi connectivity index (χ3v) is 12.5. The highest BCUT2D eigenvalue weighted by Crippen LogP contribution is 2.46. The van der Waals surface area contributed by atoms with Gasteiger partial charge in [-0.25, -0.2) is 0 Å². The third kappa shape index (κ3) is 12.5. The summed E-state index contributed by atoms with van der Waals surface area (Å²) in [6.07, 6.45) is 2.04. The van der Waals surface area contributed by atoms with Gasteiger partial charge in [0.25, 0.3) is 23.6 Å². The fourth-order valence-corrected chi connectivity index (χ4v) is 8.87. The Kier molecular flexibility index (Phi) is 16.9. The van der Waals surface area contributed by atoms with Crippen LogP contribution >= 0.6 is 0 Å².